The minimum atomic E-state index is -1.81. The van der Waals surface area contributed by atoms with Crippen molar-refractivity contribution in [2.45, 2.75) is 30.8 Å². The fraction of sp³-hybridized carbons (Fsp3) is 0.231. The summed E-state index contributed by atoms with van der Waals surface area (Å²) in [5, 5.41) is 9.83. The number of carboxylic acid groups (broad SMARTS) is 1. The van der Waals surface area contributed by atoms with E-state index in [4.69, 9.17) is 4.74 Å². The molecule has 0 spiro atoms. The summed E-state index contributed by atoms with van der Waals surface area (Å²) in [6, 6.07) is 16.5. The molecule has 7 heteroatoms. The molecule has 1 N–H and O–H groups in total. The van der Waals surface area contributed by atoms with Crippen molar-refractivity contribution in [3.63, 3.8) is 0 Å². The predicted molar refractivity (Wildman–Crippen MR) is 117 cm³/mol. The predicted octanol–water partition coefficient (Wildman–Crippen LogP) is 5.50. The zero-order valence-electron chi connectivity index (χ0n) is 17.6. The van der Waals surface area contributed by atoms with Crippen molar-refractivity contribution in [3.8, 4) is 11.1 Å². The third kappa shape index (κ3) is 3.73. The van der Waals surface area contributed by atoms with Gasteiger partial charge in [0.25, 0.3) is 0 Å². The van der Waals surface area contributed by atoms with Gasteiger partial charge in [0, 0.05) is 12.0 Å². The van der Waals surface area contributed by atoms with Gasteiger partial charge in [-0.2, -0.15) is 0 Å². The molecule has 33 heavy (non-hydrogen) atoms. The second-order valence-corrected chi connectivity index (χ2v) is 8.32. The van der Waals surface area contributed by atoms with Gasteiger partial charge in [-0.3, -0.25) is 4.90 Å². The average molecular weight is 449 g/mol. The van der Waals surface area contributed by atoms with E-state index in [1.165, 1.54) is 0 Å². The van der Waals surface area contributed by atoms with Crippen LogP contribution in [0.3, 0.4) is 0 Å². The Morgan fingerprint density at radius 2 is 1.45 bits per heavy atom. The van der Waals surface area contributed by atoms with E-state index in [2.05, 4.69) is 0 Å². The number of ether oxygens (including phenoxy) is 1. The van der Waals surface area contributed by atoms with Crippen LogP contribution in [0, 0.1) is 11.6 Å². The third-order valence-electron chi connectivity index (χ3n) is 6.27. The third-order valence-corrected chi connectivity index (χ3v) is 6.27. The second kappa shape index (κ2) is 8.31. The van der Waals surface area contributed by atoms with Gasteiger partial charge in [-0.25, -0.2) is 18.4 Å². The molecule has 3 aromatic carbocycles. The number of nitrogens with zero attached hydrogens (tertiary/aromatic N) is 1. The first-order valence-electron chi connectivity index (χ1n) is 10.8. The van der Waals surface area contributed by atoms with Crippen molar-refractivity contribution in [2.24, 2.45) is 0 Å². The van der Waals surface area contributed by atoms with Gasteiger partial charge >= 0.3 is 12.1 Å². The molecule has 0 heterocycles. The minimum Gasteiger partial charge on any atom is -0.479 e. The summed E-state index contributed by atoms with van der Waals surface area (Å²) >= 11 is 0. The standard InChI is InChI=1S/C26H21F2NO4/c27-21-10-5-11-22(28)23(21)24(25(30)31)29(15-12-13-15)26(32)33-14-20-18-8-3-1-6-16(18)17-7-2-4-9-19(17)20/h1-11,15,20,24H,12-14H2,(H,30,31). The first-order valence-corrected chi connectivity index (χ1v) is 10.8. The van der Waals surface area contributed by atoms with Gasteiger partial charge in [0.15, 0.2) is 6.04 Å². The summed E-state index contributed by atoms with van der Waals surface area (Å²) in [7, 11) is 0. The Kier molecular flexibility index (Phi) is 5.32. The van der Waals surface area contributed by atoms with Gasteiger partial charge in [0.1, 0.15) is 18.2 Å². The highest BCUT2D eigenvalue weighted by Gasteiger charge is 2.45. The highest BCUT2D eigenvalue weighted by atomic mass is 19.1. The molecule has 1 atom stereocenters. The SMILES string of the molecule is O=C(O)C(c1c(F)cccc1F)N(C(=O)OCC1c2ccccc2-c2ccccc21)C1CC1. The number of carbonyl (C=O) groups excluding carboxylic acids is 1. The van der Waals surface area contributed by atoms with Crippen molar-refractivity contribution >= 4 is 12.1 Å². The number of hydrogen-bond acceptors (Lipinski definition) is 3. The first kappa shape index (κ1) is 21.1. The van der Waals surface area contributed by atoms with E-state index in [9.17, 15) is 23.5 Å². The normalized spacial score (nSPS) is 15.5. The Bertz CT molecular complexity index is 1170. The molecule has 1 amide bonds. The van der Waals surface area contributed by atoms with E-state index in [-0.39, 0.29) is 12.5 Å². The maximum Gasteiger partial charge on any atom is 0.411 e. The van der Waals surface area contributed by atoms with Gasteiger partial charge in [-0.05, 0) is 47.2 Å². The zero-order chi connectivity index (χ0) is 23.1. The van der Waals surface area contributed by atoms with Gasteiger partial charge < -0.3 is 9.84 Å². The summed E-state index contributed by atoms with van der Waals surface area (Å²) in [6.07, 6.45) is 0.197. The highest BCUT2D eigenvalue weighted by molar-refractivity contribution is 5.83. The second-order valence-electron chi connectivity index (χ2n) is 8.32. The van der Waals surface area contributed by atoms with Crippen LogP contribution in [0.4, 0.5) is 13.6 Å². The largest absolute Gasteiger partial charge is 0.479 e. The van der Waals surface area contributed by atoms with E-state index in [1.54, 1.807) is 0 Å². The lowest BCUT2D eigenvalue weighted by molar-refractivity contribution is -0.143. The van der Waals surface area contributed by atoms with Crippen LogP contribution >= 0.6 is 0 Å². The maximum absolute atomic E-state index is 14.4. The van der Waals surface area contributed by atoms with Crippen molar-refractivity contribution in [1.29, 1.82) is 0 Å². The molecule has 0 aromatic heterocycles. The van der Waals surface area contributed by atoms with E-state index in [0.29, 0.717) is 12.8 Å². The van der Waals surface area contributed by atoms with E-state index >= 15 is 0 Å². The van der Waals surface area contributed by atoms with Crippen molar-refractivity contribution in [3.05, 3.63) is 95.1 Å². The highest BCUT2D eigenvalue weighted by Crippen LogP contribution is 2.45. The molecule has 1 unspecified atom stereocenters. The molecule has 0 saturated heterocycles. The van der Waals surface area contributed by atoms with Crippen LogP contribution in [0.25, 0.3) is 11.1 Å². The molecule has 5 rings (SSSR count). The minimum absolute atomic E-state index is 0.0117. The Labute approximate surface area is 189 Å². The number of rotatable bonds is 6. The monoisotopic (exact) mass is 449 g/mol. The molecule has 2 aliphatic rings. The van der Waals surface area contributed by atoms with Crippen LogP contribution < -0.4 is 0 Å². The number of carboxylic acids is 1. The molecule has 3 aromatic rings. The molecule has 1 fully saturated rings. The van der Waals surface area contributed by atoms with Gasteiger partial charge in [-0.15, -0.1) is 0 Å². The van der Waals surface area contributed by atoms with Gasteiger partial charge in [-0.1, -0.05) is 54.6 Å². The fourth-order valence-electron chi connectivity index (χ4n) is 4.64. The lowest BCUT2D eigenvalue weighted by Crippen LogP contribution is -2.42. The van der Waals surface area contributed by atoms with E-state index < -0.39 is 41.3 Å². The van der Waals surface area contributed by atoms with Crippen LogP contribution in [0.1, 0.15) is 41.5 Å². The quantitative estimate of drug-likeness (QED) is 0.539. The molecule has 168 valence electrons. The Balaban J connectivity index is 1.43. The summed E-state index contributed by atoms with van der Waals surface area (Å²) in [5.74, 6) is -3.76. The summed E-state index contributed by atoms with van der Waals surface area (Å²) in [4.78, 5) is 26.2. The molecule has 2 aliphatic carbocycles. The van der Waals surface area contributed by atoms with Crippen LogP contribution in [0.5, 0.6) is 0 Å². The number of fused-ring (bicyclic) bond motifs is 3. The summed E-state index contributed by atoms with van der Waals surface area (Å²) in [5.41, 5.74) is 3.49. The van der Waals surface area contributed by atoms with Crippen molar-refractivity contribution < 1.29 is 28.2 Å². The van der Waals surface area contributed by atoms with Crippen LogP contribution in [0.15, 0.2) is 66.7 Å². The van der Waals surface area contributed by atoms with Crippen LogP contribution in [0.2, 0.25) is 0 Å². The fourth-order valence-corrected chi connectivity index (χ4v) is 4.64. The smallest absolute Gasteiger partial charge is 0.411 e. The lowest BCUT2D eigenvalue weighted by atomic mass is 9.98. The molecular weight excluding hydrogens is 428 g/mol. The van der Waals surface area contributed by atoms with Gasteiger partial charge in [0.05, 0.1) is 5.56 Å². The van der Waals surface area contributed by atoms with E-state index in [0.717, 1.165) is 45.4 Å². The van der Waals surface area contributed by atoms with Crippen LogP contribution in [-0.4, -0.2) is 34.7 Å². The van der Waals surface area contributed by atoms with Crippen LogP contribution in [-0.2, 0) is 9.53 Å². The molecule has 5 nitrogen and oxygen atoms in total. The number of halogens is 2. The van der Waals surface area contributed by atoms with Gasteiger partial charge in [0.2, 0.25) is 0 Å². The number of hydrogen-bond donors (Lipinski definition) is 1. The molecule has 0 radical (unpaired) electrons. The van der Waals surface area contributed by atoms with Crippen molar-refractivity contribution in [2.75, 3.05) is 6.61 Å². The molecule has 0 aliphatic heterocycles. The zero-order valence-corrected chi connectivity index (χ0v) is 17.6. The Hall–Kier alpha value is -3.74. The summed E-state index contributed by atoms with van der Waals surface area (Å²) < 4.78 is 34.5. The molecule has 0 bridgehead atoms. The summed E-state index contributed by atoms with van der Waals surface area (Å²) in [6.45, 7) is -0.0117. The maximum atomic E-state index is 14.4. The Morgan fingerprint density at radius 1 is 0.909 bits per heavy atom. The Morgan fingerprint density at radius 3 is 1.97 bits per heavy atom. The first-order chi connectivity index (χ1) is 16.0. The molecule has 1 saturated carbocycles. The number of amides is 1. The van der Waals surface area contributed by atoms with E-state index in [1.807, 2.05) is 48.5 Å². The number of benzene rings is 3. The number of carbonyl (C=O) groups is 2. The topological polar surface area (TPSA) is 66.8 Å². The average Bonchev–Trinajstić information content (AvgIpc) is 3.59. The van der Waals surface area contributed by atoms with Crippen molar-refractivity contribution in [1.82, 2.24) is 4.90 Å². The lowest BCUT2D eigenvalue weighted by Gasteiger charge is -2.29. The molecular formula is C26H21F2NO4. The number of aliphatic carboxylic acids is 1.